The molecular weight excluding hydrogens is 451 g/mol. The molecule has 1 aromatic carbocycles. The number of esters is 1. The molecule has 0 unspecified atom stereocenters. The molecule has 118 valence electrons. The van der Waals surface area contributed by atoms with Crippen molar-refractivity contribution < 1.29 is 14.3 Å². The molecule has 23 heavy (non-hydrogen) atoms. The standard InChI is InChI=1S/C15H10ClIN2O3S/c1-7-10(6-18)14(23-12(7)15(21)22-2)19-13(20)9-5-8(17)3-4-11(9)16/h3-5H,1-2H3,(H,19,20). The molecule has 0 saturated heterocycles. The van der Waals surface area contributed by atoms with Crippen LogP contribution in [-0.4, -0.2) is 19.0 Å². The molecule has 1 heterocycles. The smallest absolute Gasteiger partial charge is 0.348 e. The van der Waals surface area contributed by atoms with Crippen LogP contribution in [0.1, 0.15) is 31.2 Å². The number of carbonyl (C=O) groups excluding carboxylic acids is 2. The Hall–Kier alpha value is -1.63. The summed E-state index contributed by atoms with van der Waals surface area (Å²) in [4.78, 5) is 24.4. The number of halogens is 2. The second-order valence-electron chi connectivity index (χ2n) is 4.44. The fourth-order valence-electron chi connectivity index (χ4n) is 1.87. The number of rotatable bonds is 3. The Morgan fingerprint density at radius 2 is 2.13 bits per heavy atom. The number of nitriles is 1. The fraction of sp³-hybridized carbons (Fsp3) is 0.133. The van der Waals surface area contributed by atoms with Crippen molar-refractivity contribution in [3.8, 4) is 6.07 Å². The predicted octanol–water partition coefficient (Wildman–Crippen LogP) is 4.23. The molecule has 0 aliphatic carbocycles. The summed E-state index contributed by atoms with van der Waals surface area (Å²) < 4.78 is 5.54. The lowest BCUT2D eigenvalue weighted by atomic mass is 10.1. The van der Waals surface area contributed by atoms with Crippen molar-refractivity contribution >= 4 is 62.4 Å². The van der Waals surface area contributed by atoms with E-state index >= 15 is 0 Å². The SMILES string of the molecule is COC(=O)c1sc(NC(=O)c2cc(I)ccc2Cl)c(C#N)c1C. The summed E-state index contributed by atoms with van der Waals surface area (Å²) in [6.07, 6.45) is 0. The molecule has 0 aliphatic heterocycles. The van der Waals surface area contributed by atoms with Crippen LogP contribution in [0.4, 0.5) is 5.00 Å². The van der Waals surface area contributed by atoms with Gasteiger partial charge in [-0.2, -0.15) is 5.26 Å². The minimum absolute atomic E-state index is 0.241. The highest BCUT2D eigenvalue weighted by Gasteiger charge is 2.22. The first-order valence-electron chi connectivity index (χ1n) is 6.27. The van der Waals surface area contributed by atoms with E-state index < -0.39 is 11.9 Å². The maximum Gasteiger partial charge on any atom is 0.348 e. The van der Waals surface area contributed by atoms with Gasteiger partial charge in [0.05, 0.1) is 23.3 Å². The molecule has 0 aliphatic rings. The molecule has 5 nitrogen and oxygen atoms in total. The first-order chi connectivity index (χ1) is 10.9. The Labute approximate surface area is 155 Å². The highest BCUT2D eigenvalue weighted by Crippen LogP contribution is 2.33. The number of nitrogens with one attached hydrogen (secondary N) is 1. The van der Waals surface area contributed by atoms with E-state index in [0.29, 0.717) is 21.2 Å². The number of hydrogen-bond acceptors (Lipinski definition) is 5. The van der Waals surface area contributed by atoms with Gasteiger partial charge in [0, 0.05) is 3.57 Å². The molecule has 8 heteroatoms. The van der Waals surface area contributed by atoms with E-state index in [-0.39, 0.29) is 10.4 Å². The number of hydrogen-bond donors (Lipinski definition) is 1. The number of methoxy groups -OCH3 is 1. The molecule has 0 bridgehead atoms. The highest BCUT2D eigenvalue weighted by atomic mass is 127. The minimum atomic E-state index is -0.545. The molecule has 1 amide bonds. The highest BCUT2D eigenvalue weighted by molar-refractivity contribution is 14.1. The zero-order valence-electron chi connectivity index (χ0n) is 12.1. The van der Waals surface area contributed by atoms with Gasteiger partial charge in [0.2, 0.25) is 0 Å². The van der Waals surface area contributed by atoms with Gasteiger partial charge in [-0.3, -0.25) is 4.79 Å². The Bertz CT molecular complexity index is 842. The molecular formula is C15H10ClIN2O3S. The van der Waals surface area contributed by atoms with E-state index in [2.05, 4.69) is 32.6 Å². The second kappa shape index (κ2) is 7.29. The van der Waals surface area contributed by atoms with Crippen LogP contribution in [0.2, 0.25) is 5.02 Å². The Kier molecular flexibility index (Phi) is 5.62. The molecule has 0 fully saturated rings. The van der Waals surface area contributed by atoms with Crippen molar-refractivity contribution in [3.05, 3.63) is 48.4 Å². The monoisotopic (exact) mass is 460 g/mol. The molecule has 2 rings (SSSR count). The van der Waals surface area contributed by atoms with Gasteiger partial charge in [-0.15, -0.1) is 11.3 Å². The molecule has 0 atom stereocenters. The van der Waals surface area contributed by atoms with Gasteiger partial charge in [0.25, 0.3) is 5.91 Å². The zero-order valence-corrected chi connectivity index (χ0v) is 15.8. The van der Waals surface area contributed by atoms with Gasteiger partial charge in [-0.05, 0) is 53.3 Å². The molecule has 1 N–H and O–H groups in total. The van der Waals surface area contributed by atoms with Crippen molar-refractivity contribution in [1.29, 1.82) is 5.26 Å². The lowest BCUT2D eigenvalue weighted by Gasteiger charge is -2.06. The van der Waals surface area contributed by atoms with Crippen molar-refractivity contribution in [3.63, 3.8) is 0 Å². The lowest BCUT2D eigenvalue weighted by molar-refractivity contribution is 0.0605. The summed E-state index contributed by atoms with van der Waals surface area (Å²) in [5.74, 6) is -0.987. The van der Waals surface area contributed by atoms with Crippen LogP contribution in [-0.2, 0) is 4.74 Å². The average molecular weight is 461 g/mol. The lowest BCUT2D eigenvalue weighted by Crippen LogP contribution is -2.12. The van der Waals surface area contributed by atoms with Crippen LogP contribution < -0.4 is 5.32 Å². The van der Waals surface area contributed by atoms with E-state index in [1.165, 1.54) is 7.11 Å². The number of benzene rings is 1. The van der Waals surface area contributed by atoms with Crippen LogP contribution in [0.15, 0.2) is 18.2 Å². The number of carbonyl (C=O) groups is 2. The number of nitrogens with zero attached hydrogens (tertiary/aromatic N) is 1. The zero-order chi connectivity index (χ0) is 17.1. The van der Waals surface area contributed by atoms with E-state index in [9.17, 15) is 14.9 Å². The van der Waals surface area contributed by atoms with E-state index in [1.807, 2.05) is 6.07 Å². The van der Waals surface area contributed by atoms with Gasteiger partial charge >= 0.3 is 5.97 Å². The summed E-state index contributed by atoms with van der Waals surface area (Å²) >= 11 is 9.12. The fourth-order valence-corrected chi connectivity index (χ4v) is 3.63. The van der Waals surface area contributed by atoms with E-state index in [4.69, 9.17) is 11.6 Å². The van der Waals surface area contributed by atoms with Gasteiger partial charge in [0.15, 0.2) is 0 Å². The van der Waals surface area contributed by atoms with Gasteiger partial charge in [-0.1, -0.05) is 11.6 Å². The van der Waals surface area contributed by atoms with Gasteiger partial charge in [-0.25, -0.2) is 4.79 Å². The average Bonchev–Trinajstić information content (AvgIpc) is 2.84. The largest absolute Gasteiger partial charge is 0.465 e. The molecule has 0 spiro atoms. The third-order valence-electron chi connectivity index (χ3n) is 3.03. The Morgan fingerprint density at radius 1 is 1.43 bits per heavy atom. The molecule has 2 aromatic rings. The quantitative estimate of drug-likeness (QED) is 0.549. The van der Waals surface area contributed by atoms with Crippen LogP contribution in [0.25, 0.3) is 0 Å². The third-order valence-corrected chi connectivity index (χ3v) is 5.22. The summed E-state index contributed by atoms with van der Waals surface area (Å²) in [6.45, 7) is 1.63. The number of ether oxygens (including phenoxy) is 1. The Balaban J connectivity index is 2.40. The number of amides is 1. The number of thiophene rings is 1. The van der Waals surface area contributed by atoms with Crippen LogP contribution in [0.3, 0.4) is 0 Å². The van der Waals surface area contributed by atoms with Crippen molar-refractivity contribution in [2.45, 2.75) is 6.92 Å². The molecule has 0 radical (unpaired) electrons. The molecule has 1 aromatic heterocycles. The molecule has 0 saturated carbocycles. The maximum atomic E-state index is 12.4. The van der Waals surface area contributed by atoms with Crippen LogP contribution >= 0.6 is 45.5 Å². The van der Waals surface area contributed by atoms with Crippen molar-refractivity contribution in [2.24, 2.45) is 0 Å². The topological polar surface area (TPSA) is 79.2 Å². The summed E-state index contributed by atoms with van der Waals surface area (Å²) in [5, 5.41) is 12.5. The Morgan fingerprint density at radius 3 is 2.74 bits per heavy atom. The van der Waals surface area contributed by atoms with Crippen LogP contribution in [0.5, 0.6) is 0 Å². The van der Waals surface area contributed by atoms with Crippen LogP contribution in [0, 0.1) is 21.8 Å². The first kappa shape index (κ1) is 17.7. The van der Waals surface area contributed by atoms with Gasteiger partial charge < -0.3 is 10.1 Å². The summed E-state index contributed by atoms with van der Waals surface area (Å²) in [7, 11) is 1.26. The van der Waals surface area contributed by atoms with E-state index in [1.54, 1.807) is 25.1 Å². The predicted molar refractivity (Wildman–Crippen MR) is 97.2 cm³/mol. The summed E-state index contributed by atoms with van der Waals surface area (Å²) in [5.41, 5.74) is 1.02. The number of anilines is 1. The second-order valence-corrected chi connectivity index (χ2v) is 7.12. The maximum absolute atomic E-state index is 12.4. The van der Waals surface area contributed by atoms with Crippen molar-refractivity contribution in [2.75, 3.05) is 12.4 Å². The minimum Gasteiger partial charge on any atom is -0.465 e. The third kappa shape index (κ3) is 3.65. The van der Waals surface area contributed by atoms with E-state index in [0.717, 1.165) is 14.9 Å². The van der Waals surface area contributed by atoms with Gasteiger partial charge in [0.1, 0.15) is 15.9 Å². The first-order valence-corrected chi connectivity index (χ1v) is 8.54. The normalized spacial score (nSPS) is 10.0. The summed E-state index contributed by atoms with van der Waals surface area (Å²) in [6, 6.07) is 7.06. The van der Waals surface area contributed by atoms with Crippen molar-refractivity contribution in [1.82, 2.24) is 0 Å².